The summed E-state index contributed by atoms with van der Waals surface area (Å²) in [7, 11) is 0. The monoisotopic (exact) mass is 555 g/mol. The molecule has 0 spiro atoms. The van der Waals surface area contributed by atoms with Crippen molar-refractivity contribution in [1.29, 1.82) is 0 Å². The third-order valence-electron chi connectivity index (χ3n) is 3.76. The van der Waals surface area contributed by atoms with Gasteiger partial charge in [0.25, 0.3) is 5.91 Å². The van der Waals surface area contributed by atoms with E-state index in [4.69, 9.17) is 4.74 Å². The first-order valence-electron chi connectivity index (χ1n) is 8.78. The Kier molecular flexibility index (Phi) is 7.83. The maximum absolute atomic E-state index is 13.0. The highest BCUT2D eigenvalue weighted by Gasteiger charge is 2.20. The van der Waals surface area contributed by atoms with Crippen molar-refractivity contribution in [3.05, 3.63) is 79.9 Å². The number of benzene rings is 2. The zero-order valence-corrected chi connectivity index (χ0v) is 19.9. The fourth-order valence-electron chi connectivity index (χ4n) is 2.51. The lowest BCUT2D eigenvalue weighted by atomic mass is 10.1. The van der Waals surface area contributed by atoms with Gasteiger partial charge in [0.2, 0.25) is 0 Å². The van der Waals surface area contributed by atoms with E-state index in [0.29, 0.717) is 24.2 Å². The lowest BCUT2D eigenvalue weighted by molar-refractivity contribution is 0.00693. The van der Waals surface area contributed by atoms with Gasteiger partial charge in [0.1, 0.15) is 5.60 Å². The van der Waals surface area contributed by atoms with E-state index in [1.54, 1.807) is 23.1 Å². The van der Waals surface area contributed by atoms with Gasteiger partial charge in [-0.3, -0.25) is 4.79 Å². The van der Waals surface area contributed by atoms with E-state index >= 15 is 0 Å². The molecule has 0 N–H and O–H groups in total. The Bertz CT molecular complexity index is 872. The van der Waals surface area contributed by atoms with E-state index in [9.17, 15) is 9.59 Å². The molecule has 2 rings (SSSR count). The highest BCUT2D eigenvalue weighted by atomic mass is 127. The second-order valence-electron chi connectivity index (χ2n) is 7.30. The van der Waals surface area contributed by atoms with Crippen LogP contribution in [0.2, 0.25) is 0 Å². The van der Waals surface area contributed by atoms with Crippen LogP contribution in [-0.4, -0.2) is 28.9 Å². The topological polar surface area (TPSA) is 46.6 Å². The van der Waals surface area contributed by atoms with Gasteiger partial charge in [-0.1, -0.05) is 34.1 Å². The van der Waals surface area contributed by atoms with Crippen molar-refractivity contribution in [2.24, 2.45) is 0 Å². The van der Waals surface area contributed by atoms with Crippen LogP contribution in [0.5, 0.6) is 0 Å². The molecule has 6 heteroatoms. The molecule has 0 aliphatic rings. The number of carbonyl (C=O) groups excluding carboxylic acids is 2. The standard InChI is InChI=1S/C22H23BrINO3/c1-5-12-25(20(26)18-13-17(23)10-11-19(18)24)14-15-6-8-16(9-7-15)21(27)28-22(2,3)4/h5-11,13H,1,12,14H2,2-4H3. The fraction of sp³-hybridized carbons (Fsp3) is 0.273. The minimum absolute atomic E-state index is 0.0678. The zero-order chi connectivity index (χ0) is 20.9. The molecule has 148 valence electrons. The Morgan fingerprint density at radius 1 is 1.18 bits per heavy atom. The number of rotatable bonds is 6. The smallest absolute Gasteiger partial charge is 0.338 e. The van der Waals surface area contributed by atoms with Crippen LogP contribution in [0.4, 0.5) is 0 Å². The van der Waals surface area contributed by atoms with E-state index in [1.807, 2.05) is 51.1 Å². The zero-order valence-electron chi connectivity index (χ0n) is 16.2. The van der Waals surface area contributed by atoms with Gasteiger partial charge in [-0.25, -0.2) is 4.79 Å². The van der Waals surface area contributed by atoms with E-state index in [-0.39, 0.29) is 11.9 Å². The number of nitrogens with zero attached hydrogens (tertiary/aromatic N) is 1. The van der Waals surface area contributed by atoms with Gasteiger partial charge in [-0.15, -0.1) is 6.58 Å². The third-order valence-corrected chi connectivity index (χ3v) is 5.19. The van der Waals surface area contributed by atoms with E-state index in [2.05, 4.69) is 45.1 Å². The molecule has 0 atom stereocenters. The largest absolute Gasteiger partial charge is 0.456 e. The van der Waals surface area contributed by atoms with Crippen molar-refractivity contribution < 1.29 is 14.3 Å². The third kappa shape index (κ3) is 6.44. The maximum atomic E-state index is 13.0. The Hall–Kier alpha value is -1.67. The van der Waals surface area contributed by atoms with Crippen molar-refractivity contribution in [3.63, 3.8) is 0 Å². The van der Waals surface area contributed by atoms with Crippen LogP contribution >= 0.6 is 38.5 Å². The summed E-state index contributed by atoms with van der Waals surface area (Å²) in [5.74, 6) is -0.427. The molecule has 0 heterocycles. The van der Waals surface area contributed by atoms with E-state index in [1.165, 1.54) is 0 Å². The number of esters is 1. The normalized spacial score (nSPS) is 11.0. The molecule has 0 aliphatic heterocycles. The van der Waals surface area contributed by atoms with Crippen molar-refractivity contribution in [2.45, 2.75) is 32.9 Å². The van der Waals surface area contributed by atoms with Crippen LogP contribution in [0.3, 0.4) is 0 Å². The number of amides is 1. The van der Waals surface area contributed by atoms with Gasteiger partial charge in [0, 0.05) is 21.1 Å². The molecule has 1 amide bonds. The molecule has 2 aromatic carbocycles. The molecule has 28 heavy (non-hydrogen) atoms. The second-order valence-corrected chi connectivity index (χ2v) is 9.38. The number of hydrogen-bond donors (Lipinski definition) is 0. The Morgan fingerprint density at radius 2 is 1.82 bits per heavy atom. The molecule has 0 fully saturated rings. The molecule has 2 aromatic rings. The van der Waals surface area contributed by atoms with Gasteiger partial charge >= 0.3 is 5.97 Å². The summed E-state index contributed by atoms with van der Waals surface area (Å²) < 4.78 is 7.13. The summed E-state index contributed by atoms with van der Waals surface area (Å²) >= 11 is 5.59. The van der Waals surface area contributed by atoms with Crippen LogP contribution in [0.1, 0.15) is 47.1 Å². The fourth-order valence-corrected chi connectivity index (χ4v) is 3.44. The number of halogens is 2. The summed E-state index contributed by atoms with van der Waals surface area (Å²) in [5, 5.41) is 0. The SMILES string of the molecule is C=CCN(Cc1ccc(C(=O)OC(C)(C)C)cc1)C(=O)c1cc(Br)ccc1I. The highest BCUT2D eigenvalue weighted by molar-refractivity contribution is 14.1. The van der Waals surface area contributed by atoms with Gasteiger partial charge in [-0.05, 0) is 79.3 Å². The highest BCUT2D eigenvalue weighted by Crippen LogP contribution is 2.21. The molecule has 0 unspecified atom stereocenters. The van der Waals surface area contributed by atoms with Crippen LogP contribution in [0.15, 0.2) is 59.6 Å². The molecule has 0 saturated heterocycles. The number of hydrogen-bond acceptors (Lipinski definition) is 3. The first-order chi connectivity index (χ1) is 13.1. The van der Waals surface area contributed by atoms with Crippen LogP contribution < -0.4 is 0 Å². The Labute approximate surface area is 188 Å². The average Bonchev–Trinajstić information content (AvgIpc) is 2.62. The van der Waals surface area contributed by atoms with E-state index < -0.39 is 5.60 Å². The summed E-state index contributed by atoms with van der Waals surface area (Å²) in [6.45, 7) is 10.1. The minimum Gasteiger partial charge on any atom is -0.456 e. The van der Waals surface area contributed by atoms with Gasteiger partial charge in [0.15, 0.2) is 0 Å². The lowest BCUT2D eigenvalue weighted by Crippen LogP contribution is -2.31. The minimum atomic E-state index is -0.538. The molecular formula is C22H23BrINO3. The molecular weight excluding hydrogens is 533 g/mol. The first kappa shape index (κ1) is 22.6. The predicted molar refractivity (Wildman–Crippen MR) is 123 cm³/mol. The Morgan fingerprint density at radius 3 is 2.39 bits per heavy atom. The molecule has 0 aromatic heterocycles. The predicted octanol–water partition coefficient (Wildman–Crippen LogP) is 5.84. The maximum Gasteiger partial charge on any atom is 0.338 e. The van der Waals surface area contributed by atoms with Gasteiger partial charge < -0.3 is 9.64 Å². The van der Waals surface area contributed by atoms with Crippen LogP contribution in [0, 0.1) is 3.57 Å². The first-order valence-corrected chi connectivity index (χ1v) is 10.7. The van der Waals surface area contributed by atoms with Crippen molar-refractivity contribution in [1.82, 2.24) is 4.90 Å². The molecule has 0 bridgehead atoms. The van der Waals surface area contributed by atoms with Gasteiger partial charge in [0.05, 0.1) is 11.1 Å². The quantitative estimate of drug-likeness (QED) is 0.256. The van der Waals surface area contributed by atoms with Gasteiger partial charge in [-0.2, -0.15) is 0 Å². The van der Waals surface area contributed by atoms with Crippen molar-refractivity contribution >= 4 is 50.4 Å². The second kappa shape index (κ2) is 9.69. The van der Waals surface area contributed by atoms with Crippen LogP contribution in [0.25, 0.3) is 0 Å². The lowest BCUT2D eigenvalue weighted by Gasteiger charge is -2.22. The average molecular weight is 556 g/mol. The molecule has 0 saturated carbocycles. The molecule has 0 radical (unpaired) electrons. The Balaban J connectivity index is 2.18. The summed E-state index contributed by atoms with van der Waals surface area (Å²) in [4.78, 5) is 26.9. The number of carbonyl (C=O) groups is 2. The number of ether oxygens (including phenoxy) is 1. The summed E-state index contributed by atoms with van der Waals surface area (Å²) in [6.07, 6.45) is 1.71. The molecule has 4 nitrogen and oxygen atoms in total. The van der Waals surface area contributed by atoms with E-state index in [0.717, 1.165) is 13.6 Å². The summed E-state index contributed by atoms with van der Waals surface area (Å²) in [5.41, 5.74) is 1.51. The molecule has 0 aliphatic carbocycles. The van der Waals surface area contributed by atoms with Crippen molar-refractivity contribution in [2.75, 3.05) is 6.54 Å². The van der Waals surface area contributed by atoms with Crippen molar-refractivity contribution in [3.8, 4) is 0 Å². The van der Waals surface area contributed by atoms with Crippen LogP contribution in [-0.2, 0) is 11.3 Å². The summed E-state index contributed by atoms with van der Waals surface area (Å²) in [6, 6.07) is 12.8.